The van der Waals surface area contributed by atoms with Crippen LogP contribution in [0.2, 0.25) is 5.02 Å². The molecule has 3 aromatic rings. The van der Waals surface area contributed by atoms with Crippen LogP contribution in [0.15, 0.2) is 72.9 Å². The molecule has 1 aromatic heterocycles. The van der Waals surface area contributed by atoms with Crippen LogP contribution in [-0.4, -0.2) is 34.8 Å². The summed E-state index contributed by atoms with van der Waals surface area (Å²) in [5.74, 6) is 0.583. The normalized spacial score (nSPS) is 11.5. The molecule has 0 radical (unpaired) electrons. The Morgan fingerprint density at radius 2 is 1.82 bits per heavy atom. The molecule has 33 heavy (non-hydrogen) atoms. The van der Waals surface area contributed by atoms with Gasteiger partial charge in [-0.15, -0.1) is 0 Å². The first-order valence-corrected chi connectivity index (χ1v) is 12.3. The Labute approximate surface area is 203 Å². The Hall–Kier alpha value is -3.03. The van der Waals surface area contributed by atoms with Gasteiger partial charge in [0.05, 0.1) is 10.6 Å². The number of benzene rings is 2. The first kappa shape index (κ1) is 24.6. The van der Waals surface area contributed by atoms with Crippen molar-refractivity contribution in [3.05, 3.63) is 94.6 Å². The fraction of sp³-hybridized carbons (Fsp3) is 0.240. The molecule has 0 fully saturated rings. The second kappa shape index (κ2) is 12.9. The maximum atomic E-state index is 12.9. The fourth-order valence-corrected chi connectivity index (χ4v) is 3.76. The maximum absolute atomic E-state index is 12.9. The Kier molecular flexibility index (Phi) is 9.59. The summed E-state index contributed by atoms with van der Waals surface area (Å²) < 4.78 is 5.76. The number of ether oxygens (including phenoxy) is 1. The molecule has 1 unspecified atom stereocenters. The van der Waals surface area contributed by atoms with E-state index in [0.717, 1.165) is 16.9 Å². The van der Waals surface area contributed by atoms with Crippen molar-refractivity contribution in [1.82, 2.24) is 15.6 Å². The Morgan fingerprint density at radius 1 is 1.06 bits per heavy atom. The quantitative estimate of drug-likeness (QED) is 0.420. The summed E-state index contributed by atoms with van der Waals surface area (Å²) in [6.07, 6.45) is 4.11. The van der Waals surface area contributed by atoms with E-state index in [0.29, 0.717) is 36.0 Å². The molecule has 2 N–H and O–H groups in total. The largest absolute Gasteiger partial charge is 0.473 e. The molecule has 8 heteroatoms. The van der Waals surface area contributed by atoms with E-state index in [9.17, 15) is 9.59 Å². The molecule has 1 atom stereocenters. The molecule has 0 aliphatic heterocycles. The van der Waals surface area contributed by atoms with Gasteiger partial charge in [0.1, 0.15) is 12.6 Å². The zero-order valence-electron chi connectivity index (χ0n) is 18.3. The highest BCUT2D eigenvalue weighted by Gasteiger charge is 2.22. The Morgan fingerprint density at radius 3 is 2.58 bits per heavy atom. The molecule has 1 heterocycles. The molecule has 0 aliphatic carbocycles. The first-order valence-electron chi connectivity index (χ1n) is 10.5. The van der Waals surface area contributed by atoms with Gasteiger partial charge in [-0.3, -0.25) is 9.59 Å². The molecule has 0 aliphatic rings. The van der Waals surface area contributed by atoms with E-state index in [1.165, 1.54) is 0 Å². The van der Waals surface area contributed by atoms with Crippen molar-refractivity contribution in [3.63, 3.8) is 0 Å². The van der Waals surface area contributed by atoms with Gasteiger partial charge in [0.2, 0.25) is 11.8 Å². The Balaban J connectivity index is 1.58. The number of hydrogen-bond acceptors (Lipinski definition) is 5. The molecule has 0 saturated heterocycles. The number of thioether (sulfide) groups is 1. The summed E-state index contributed by atoms with van der Waals surface area (Å²) in [5, 5.41) is 6.06. The van der Waals surface area contributed by atoms with E-state index in [4.69, 9.17) is 16.3 Å². The highest BCUT2D eigenvalue weighted by Crippen LogP contribution is 2.16. The van der Waals surface area contributed by atoms with E-state index >= 15 is 0 Å². The molecule has 0 spiro atoms. The van der Waals surface area contributed by atoms with Crippen LogP contribution in [0.1, 0.15) is 27.9 Å². The lowest BCUT2D eigenvalue weighted by atomic mass is 10.1. The zero-order valence-corrected chi connectivity index (χ0v) is 19.9. The number of carbonyl (C=O) groups excluding carboxylic acids is 2. The third-order valence-electron chi connectivity index (χ3n) is 4.85. The molecule has 0 saturated carbocycles. The summed E-state index contributed by atoms with van der Waals surface area (Å²) >= 11 is 7.74. The first-order chi connectivity index (χ1) is 16.1. The number of amides is 2. The van der Waals surface area contributed by atoms with Gasteiger partial charge < -0.3 is 15.4 Å². The van der Waals surface area contributed by atoms with Gasteiger partial charge in [-0.2, -0.15) is 11.8 Å². The minimum absolute atomic E-state index is 0.256. The predicted octanol–water partition coefficient (Wildman–Crippen LogP) is 4.48. The van der Waals surface area contributed by atoms with Gasteiger partial charge in [0.15, 0.2) is 0 Å². The van der Waals surface area contributed by atoms with E-state index < -0.39 is 6.04 Å². The number of nitrogens with zero attached hydrogens (tertiary/aromatic N) is 1. The number of hydrogen-bond donors (Lipinski definition) is 2. The minimum Gasteiger partial charge on any atom is -0.473 e. The van der Waals surface area contributed by atoms with Gasteiger partial charge >= 0.3 is 0 Å². The van der Waals surface area contributed by atoms with Crippen molar-refractivity contribution < 1.29 is 14.3 Å². The van der Waals surface area contributed by atoms with Crippen LogP contribution in [0, 0.1) is 0 Å². The molecular weight excluding hydrogens is 458 g/mol. The van der Waals surface area contributed by atoms with Crippen molar-refractivity contribution in [2.24, 2.45) is 0 Å². The summed E-state index contributed by atoms with van der Waals surface area (Å²) in [5.41, 5.74) is 2.24. The summed E-state index contributed by atoms with van der Waals surface area (Å²) in [7, 11) is 0. The molecule has 6 nitrogen and oxygen atoms in total. The summed E-state index contributed by atoms with van der Waals surface area (Å²) in [6.45, 7) is 0.704. The average molecular weight is 484 g/mol. The van der Waals surface area contributed by atoms with Gasteiger partial charge in [0, 0.05) is 18.8 Å². The molecule has 0 bridgehead atoms. The summed E-state index contributed by atoms with van der Waals surface area (Å²) in [6, 6.07) is 19.5. The third kappa shape index (κ3) is 7.80. The smallest absolute Gasteiger partial charge is 0.253 e. The third-order valence-corrected chi connectivity index (χ3v) is 5.82. The van der Waals surface area contributed by atoms with Gasteiger partial charge in [-0.25, -0.2) is 4.98 Å². The Bertz CT molecular complexity index is 1070. The number of aromatic nitrogens is 1. The zero-order chi connectivity index (χ0) is 23.5. The van der Waals surface area contributed by atoms with E-state index in [-0.39, 0.29) is 11.8 Å². The fourth-order valence-electron chi connectivity index (χ4n) is 3.07. The van der Waals surface area contributed by atoms with Crippen LogP contribution >= 0.6 is 23.4 Å². The van der Waals surface area contributed by atoms with Crippen molar-refractivity contribution >= 4 is 35.2 Å². The van der Waals surface area contributed by atoms with Crippen molar-refractivity contribution in [2.75, 3.05) is 12.0 Å². The SMILES string of the molecule is CSCCC(NC(=O)c1ccccc1Cl)C(=O)NCc1ccnc(OCc2ccccc2)c1. The molecule has 3 rings (SSSR count). The highest BCUT2D eigenvalue weighted by molar-refractivity contribution is 7.98. The second-order valence-corrected chi connectivity index (χ2v) is 8.67. The lowest BCUT2D eigenvalue weighted by molar-refractivity contribution is -0.123. The van der Waals surface area contributed by atoms with E-state index in [1.54, 1.807) is 48.3 Å². The number of nitrogens with one attached hydrogen (secondary N) is 2. The van der Waals surface area contributed by atoms with Gasteiger partial charge in [0.25, 0.3) is 5.91 Å². The molecular formula is C25H26ClN3O3S. The topological polar surface area (TPSA) is 80.3 Å². The van der Waals surface area contributed by atoms with Gasteiger partial charge in [-0.1, -0.05) is 54.1 Å². The van der Waals surface area contributed by atoms with Crippen molar-refractivity contribution in [3.8, 4) is 5.88 Å². The van der Waals surface area contributed by atoms with Gasteiger partial charge in [-0.05, 0) is 47.8 Å². The van der Waals surface area contributed by atoms with Crippen LogP contribution in [-0.2, 0) is 17.9 Å². The minimum atomic E-state index is -0.670. The van der Waals surface area contributed by atoms with E-state index in [2.05, 4.69) is 15.6 Å². The lowest BCUT2D eigenvalue weighted by Crippen LogP contribution is -2.47. The van der Waals surface area contributed by atoms with Crippen molar-refractivity contribution in [1.29, 1.82) is 0 Å². The number of carbonyl (C=O) groups is 2. The van der Waals surface area contributed by atoms with E-state index in [1.807, 2.05) is 42.7 Å². The van der Waals surface area contributed by atoms with Crippen molar-refractivity contribution in [2.45, 2.75) is 25.6 Å². The van der Waals surface area contributed by atoms with Crippen LogP contribution in [0.25, 0.3) is 0 Å². The lowest BCUT2D eigenvalue weighted by Gasteiger charge is -2.19. The number of halogens is 1. The van der Waals surface area contributed by atoms with Crippen LogP contribution in [0.3, 0.4) is 0 Å². The second-order valence-electron chi connectivity index (χ2n) is 7.28. The highest BCUT2D eigenvalue weighted by atomic mass is 35.5. The maximum Gasteiger partial charge on any atom is 0.253 e. The monoisotopic (exact) mass is 483 g/mol. The molecule has 2 amide bonds. The number of rotatable bonds is 11. The van der Waals surface area contributed by atoms with Crippen LogP contribution in [0.5, 0.6) is 5.88 Å². The summed E-state index contributed by atoms with van der Waals surface area (Å²) in [4.78, 5) is 29.7. The van der Waals surface area contributed by atoms with Crippen LogP contribution in [0.4, 0.5) is 0 Å². The average Bonchev–Trinajstić information content (AvgIpc) is 2.85. The predicted molar refractivity (Wildman–Crippen MR) is 133 cm³/mol. The standard InChI is InChI=1S/C25H26ClN3O3S/c1-33-14-12-22(29-24(30)20-9-5-6-10-21(20)26)25(31)28-16-19-11-13-27-23(15-19)32-17-18-7-3-2-4-8-18/h2-11,13,15,22H,12,14,16-17H2,1H3,(H,28,31)(H,29,30). The molecule has 2 aromatic carbocycles. The van der Waals surface area contributed by atoms with Crippen LogP contribution < -0.4 is 15.4 Å². The number of pyridine rings is 1. The molecule has 172 valence electrons.